The molecule has 0 radical (unpaired) electrons. The Kier molecular flexibility index (Phi) is 4.64. The van der Waals surface area contributed by atoms with Gasteiger partial charge in [-0.15, -0.1) is 0 Å². The van der Waals surface area contributed by atoms with Crippen LogP contribution < -0.4 is 0 Å². The van der Waals surface area contributed by atoms with Crippen LogP contribution in [0.2, 0.25) is 0 Å². The summed E-state index contributed by atoms with van der Waals surface area (Å²) in [5, 5.41) is 8.52. The molecule has 0 aromatic carbocycles. The van der Waals surface area contributed by atoms with Crippen LogP contribution >= 0.6 is 0 Å². The number of nitrogens with zero attached hydrogens (tertiary/aromatic N) is 2. The van der Waals surface area contributed by atoms with Crippen molar-refractivity contribution >= 4 is 21.9 Å². The molecule has 2 fully saturated rings. The Bertz CT molecular complexity index is 478. The van der Waals surface area contributed by atoms with Crippen molar-refractivity contribution in [2.24, 2.45) is 5.92 Å². The first-order chi connectivity index (χ1) is 9.40. The Morgan fingerprint density at radius 3 is 2.20 bits per heavy atom. The fourth-order valence-electron chi connectivity index (χ4n) is 2.31. The number of carbonyl (C=O) groups is 2. The zero-order valence-electron chi connectivity index (χ0n) is 11.3. The lowest BCUT2D eigenvalue weighted by Gasteiger charge is -2.34. The maximum atomic E-state index is 12.0. The van der Waals surface area contributed by atoms with Gasteiger partial charge in [-0.05, 0) is 19.3 Å². The summed E-state index contributed by atoms with van der Waals surface area (Å²) in [6.45, 7) is 1.50. The van der Waals surface area contributed by atoms with E-state index in [4.69, 9.17) is 5.11 Å². The van der Waals surface area contributed by atoms with Crippen molar-refractivity contribution < 1.29 is 23.1 Å². The number of carbonyl (C=O) groups excluding carboxylic acids is 1. The van der Waals surface area contributed by atoms with E-state index in [0.717, 1.165) is 12.8 Å². The lowest BCUT2D eigenvalue weighted by Crippen LogP contribution is -2.51. The summed E-state index contributed by atoms with van der Waals surface area (Å²) in [4.78, 5) is 24.0. The number of hydrogen-bond donors (Lipinski definition) is 1. The highest BCUT2D eigenvalue weighted by Crippen LogP contribution is 2.31. The molecule has 114 valence electrons. The Labute approximate surface area is 118 Å². The number of carboxylic acid groups (broad SMARTS) is 1. The van der Waals surface area contributed by atoms with Crippen LogP contribution in [-0.4, -0.2) is 66.5 Å². The molecule has 8 heteroatoms. The third-order valence-corrected chi connectivity index (χ3v) is 5.62. The van der Waals surface area contributed by atoms with Crippen LogP contribution in [0.15, 0.2) is 0 Å². The molecule has 1 amide bonds. The number of amides is 1. The maximum Gasteiger partial charge on any atom is 0.303 e. The molecule has 20 heavy (non-hydrogen) atoms. The van der Waals surface area contributed by atoms with E-state index in [1.54, 1.807) is 4.90 Å². The molecule has 2 rings (SSSR count). The number of piperazine rings is 1. The van der Waals surface area contributed by atoms with Crippen molar-refractivity contribution in [3.63, 3.8) is 0 Å². The van der Waals surface area contributed by atoms with Gasteiger partial charge in [-0.2, -0.15) is 4.31 Å². The molecule has 0 aromatic rings. The summed E-state index contributed by atoms with van der Waals surface area (Å²) in [5.74, 6) is -0.822. The van der Waals surface area contributed by atoms with Crippen molar-refractivity contribution in [2.45, 2.75) is 25.7 Å². The lowest BCUT2D eigenvalue weighted by atomic mass is 10.3. The second kappa shape index (κ2) is 6.09. The fourth-order valence-corrected chi connectivity index (χ4v) is 3.80. The van der Waals surface area contributed by atoms with E-state index >= 15 is 0 Å². The van der Waals surface area contributed by atoms with Gasteiger partial charge in [0.25, 0.3) is 0 Å². The van der Waals surface area contributed by atoms with Crippen LogP contribution in [-0.2, 0) is 19.6 Å². The van der Waals surface area contributed by atoms with Gasteiger partial charge in [0.05, 0.1) is 5.75 Å². The molecule has 7 nitrogen and oxygen atoms in total. The topological polar surface area (TPSA) is 95.0 Å². The van der Waals surface area contributed by atoms with Gasteiger partial charge in [-0.25, -0.2) is 8.42 Å². The molecular weight excluding hydrogens is 284 g/mol. The molecule has 0 spiro atoms. The summed E-state index contributed by atoms with van der Waals surface area (Å²) in [6.07, 6.45) is 1.89. The van der Waals surface area contributed by atoms with Crippen LogP contribution in [0.5, 0.6) is 0 Å². The molecule has 1 saturated heterocycles. The number of carboxylic acids is 1. The second-order valence-electron chi connectivity index (χ2n) is 5.31. The molecule has 1 N–H and O–H groups in total. The summed E-state index contributed by atoms with van der Waals surface area (Å²) in [6, 6.07) is 0. The van der Waals surface area contributed by atoms with Gasteiger partial charge >= 0.3 is 5.97 Å². The average molecular weight is 304 g/mol. The van der Waals surface area contributed by atoms with Crippen molar-refractivity contribution in [1.29, 1.82) is 0 Å². The van der Waals surface area contributed by atoms with Gasteiger partial charge in [-0.1, -0.05) is 0 Å². The summed E-state index contributed by atoms with van der Waals surface area (Å²) in [7, 11) is -3.40. The van der Waals surface area contributed by atoms with E-state index < -0.39 is 16.0 Å². The minimum Gasteiger partial charge on any atom is -0.481 e. The highest BCUT2D eigenvalue weighted by molar-refractivity contribution is 7.89. The average Bonchev–Trinajstić information content (AvgIpc) is 3.21. The minimum absolute atomic E-state index is 0.124. The van der Waals surface area contributed by atoms with Gasteiger partial charge in [-0.3, -0.25) is 9.59 Å². The zero-order chi connectivity index (χ0) is 14.8. The number of aliphatic carboxylic acids is 1. The van der Waals surface area contributed by atoms with Crippen molar-refractivity contribution in [3.8, 4) is 0 Å². The Hall–Kier alpha value is -1.15. The maximum absolute atomic E-state index is 12.0. The van der Waals surface area contributed by atoms with E-state index in [1.807, 2.05) is 0 Å². The quantitative estimate of drug-likeness (QED) is 0.729. The summed E-state index contributed by atoms with van der Waals surface area (Å²) < 4.78 is 25.4. The van der Waals surface area contributed by atoms with Crippen molar-refractivity contribution in [3.05, 3.63) is 0 Å². The second-order valence-corrected chi connectivity index (χ2v) is 7.40. The summed E-state index contributed by atoms with van der Waals surface area (Å²) >= 11 is 0. The standard InChI is InChI=1S/C12H20N2O5S/c15-11(16)2-1-9-20(18,19)14-7-5-13(6-8-14)12(17)10-3-4-10/h10H,1-9H2,(H,15,16). The monoisotopic (exact) mass is 304 g/mol. The molecule has 1 aliphatic heterocycles. The molecule has 1 heterocycles. The smallest absolute Gasteiger partial charge is 0.303 e. The van der Waals surface area contributed by atoms with Gasteiger partial charge in [0.1, 0.15) is 0 Å². The Balaban J connectivity index is 1.79. The highest BCUT2D eigenvalue weighted by Gasteiger charge is 2.36. The predicted molar refractivity (Wildman–Crippen MR) is 71.5 cm³/mol. The van der Waals surface area contributed by atoms with E-state index in [-0.39, 0.29) is 30.4 Å². The van der Waals surface area contributed by atoms with Crippen LogP contribution in [0.3, 0.4) is 0 Å². The number of sulfonamides is 1. The van der Waals surface area contributed by atoms with Crippen LogP contribution in [0.25, 0.3) is 0 Å². The lowest BCUT2D eigenvalue weighted by molar-refractivity contribution is -0.137. The molecule has 0 atom stereocenters. The van der Waals surface area contributed by atoms with Gasteiger partial charge in [0.15, 0.2) is 0 Å². The third kappa shape index (κ3) is 3.92. The van der Waals surface area contributed by atoms with Gasteiger partial charge < -0.3 is 10.0 Å². The van der Waals surface area contributed by atoms with E-state index in [0.29, 0.717) is 26.2 Å². The molecular formula is C12H20N2O5S. The normalized spacial score (nSPS) is 20.9. The van der Waals surface area contributed by atoms with Gasteiger partial charge in [0.2, 0.25) is 15.9 Å². The Morgan fingerprint density at radius 2 is 1.70 bits per heavy atom. The van der Waals surface area contributed by atoms with Crippen LogP contribution in [0.4, 0.5) is 0 Å². The molecule has 0 unspecified atom stereocenters. The predicted octanol–water partition coefficient (Wildman–Crippen LogP) is -0.265. The van der Waals surface area contributed by atoms with Crippen molar-refractivity contribution in [1.82, 2.24) is 9.21 Å². The Morgan fingerprint density at radius 1 is 1.10 bits per heavy atom. The van der Waals surface area contributed by atoms with Crippen LogP contribution in [0.1, 0.15) is 25.7 Å². The first-order valence-electron chi connectivity index (χ1n) is 6.88. The van der Waals surface area contributed by atoms with E-state index in [2.05, 4.69) is 0 Å². The van der Waals surface area contributed by atoms with Gasteiger partial charge in [0, 0.05) is 38.5 Å². The summed E-state index contributed by atoms with van der Waals surface area (Å²) in [5.41, 5.74) is 0. The molecule has 2 aliphatic rings. The number of rotatable bonds is 6. The van der Waals surface area contributed by atoms with E-state index in [9.17, 15) is 18.0 Å². The highest BCUT2D eigenvalue weighted by atomic mass is 32.2. The number of hydrogen-bond acceptors (Lipinski definition) is 4. The SMILES string of the molecule is O=C(O)CCCS(=O)(=O)N1CCN(C(=O)C2CC2)CC1. The molecule has 1 saturated carbocycles. The first-order valence-corrected chi connectivity index (χ1v) is 8.49. The fraction of sp³-hybridized carbons (Fsp3) is 0.833. The van der Waals surface area contributed by atoms with Crippen LogP contribution in [0, 0.1) is 5.92 Å². The third-order valence-electron chi connectivity index (χ3n) is 3.66. The van der Waals surface area contributed by atoms with Crippen molar-refractivity contribution in [2.75, 3.05) is 31.9 Å². The first kappa shape index (κ1) is 15.2. The zero-order valence-corrected chi connectivity index (χ0v) is 12.1. The molecule has 0 aromatic heterocycles. The largest absolute Gasteiger partial charge is 0.481 e. The minimum atomic E-state index is -3.40. The molecule has 0 bridgehead atoms. The van der Waals surface area contributed by atoms with E-state index in [1.165, 1.54) is 4.31 Å². The molecule has 1 aliphatic carbocycles.